The number of esters is 1. The SMILES string of the molecule is COC(=O)C1=C(N)Oc2cc(C)oc(=O)c2C1c1ccc(Cl)cc1Cl. The summed E-state index contributed by atoms with van der Waals surface area (Å²) in [5, 5.41) is 0.674. The van der Waals surface area contributed by atoms with E-state index >= 15 is 0 Å². The topological polar surface area (TPSA) is 91.8 Å². The van der Waals surface area contributed by atoms with Crippen molar-refractivity contribution in [1.29, 1.82) is 0 Å². The number of rotatable bonds is 2. The molecule has 6 nitrogen and oxygen atoms in total. The van der Waals surface area contributed by atoms with Gasteiger partial charge in [0.1, 0.15) is 17.1 Å². The van der Waals surface area contributed by atoms with Crippen molar-refractivity contribution < 1.29 is 18.7 Å². The standard InChI is InChI=1S/C17H13Cl2NO5/c1-7-5-11-13(17(22)24-7)12(9-4-3-8(18)6-10(9)19)14(15(20)25-11)16(21)23-2/h3-6,12H,20H2,1-2H3. The Kier molecular flexibility index (Phi) is 4.49. The lowest BCUT2D eigenvalue weighted by molar-refractivity contribution is -0.136. The van der Waals surface area contributed by atoms with Gasteiger partial charge < -0.3 is 19.6 Å². The molecule has 1 aromatic carbocycles. The zero-order chi connectivity index (χ0) is 18.3. The van der Waals surface area contributed by atoms with Crippen molar-refractivity contribution in [1.82, 2.24) is 0 Å². The second kappa shape index (κ2) is 6.46. The minimum atomic E-state index is -0.905. The normalized spacial score (nSPS) is 16.2. The van der Waals surface area contributed by atoms with Gasteiger partial charge in [0.25, 0.3) is 0 Å². The molecule has 1 atom stereocenters. The molecule has 0 spiro atoms. The molecule has 3 rings (SSSR count). The first-order valence-corrected chi connectivity index (χ1v) is 7.94. The van der Waals surface area contributed by atoms with Gasteiger partial charge in [0.05, 0.1) is 18.6 Å². The van der Waals surface area contributed by atoms with Gasteiger partial charge in [-0.3, -0.25) is 0 Å². The fraction of sp³-hybridized carbons (Fsp3) is 0.176. The minimum absolute atomic E-state index is 0.0321. The molecule has 0 amide bonds. The van der Waals surface area contributed by atoms with Crippen molar-refractivity contribution in [2.45, 2.75) is 12.8 Å². The predicted molar refractivity (Wildman–Crippen MR) is 91.9 cm³/mol. The number of hydrogen-bond donors (Lipinski definition) is 1. The van der Waals surface area contributed by atoms with Crippen molar-refractivity contribution in [2.75, 3.05) is 7.11 Å². The summed E-state index contributed by atoms with van der Waals surface area (Å²) in [6.07, 6.45) is 0. The lowest BCUT2D eigenvalue weighted by Gasteiger charge is -2.27. The Balaban J connectivity index is 2.34. The number of aryl methyl sites for hydroxylation is 1. The summed E-state index contributed by atoms with van der Waals surface area (Å²) in [6, 6.07) is 6.24. The summed E-state index contributed by atoms with van der Waals surface area (Å²) >= 11 is 12.2. The van der Waals surface area contributed by atoms with E-state index in [-0.39, 0.29) is 27.8 Å². The zero-order valence-electron chi connectivity index (χ0n) is 13.3. The first-order valence-electron chi connectivity index (χ1n) is 7.19. The van der Waals surface area contributed by atoms with Crippen molar-refractivity contribution in [2.24, 2.45) is 5.73 Å². The highest BCUT2D eigenvalue weighted by Gasteiger charge is 2.39. The van der Waals surface area contributed by atoms with Crippen LogP contribution in [0.1, 0.15) is 22.8 Å². The molecule has 2 N–H and O–H groups in total. The number of carbonyl (C=O) groups excluding carboxylic acids is 1. The maximum absolute atomic E-state index is 12.5. The molecule has 0 aliphatic carbocycles. The lowest BCUT2D eigenvalue weighted by Crippen LogP contribution is -2.30. The molecule has 1 aromatic heterocycles. The summed E-state index contributed by atoms with van der Waals surface area (Å²) in [5.41, 5.74) is 5.82. The Hall–Kier alpha value is -2.44. The van der Waals surface area contributed by atoms with E-state index in [1.165, 1.54) is 19.2 Å². The molecule has 8 heteroatoms. The first-order chi connectivity index (χ1) is 11.8. The highest BCUT2D eigenvalue weighted by molar-refractivity contribution is 6.35. The molecule has 0 saturated heterocycles. The zero-order valence-corrected chi connectivity index (χ0v) is 14.8. The summed E-state index contributed by atoms with van der Waals surface area (Å²) in [6.45, 7) is 1.60. The van der Waals surface area contributed by atoms with E-state index in [9.17, 15) is 9.59 Å². The van der Waals surface area contributed by atoms with E-state index < -0.39 is 17.5 Å². The number of nitrogens with two attached hydrogens (primary N) is 1. The molecule has 0 bridgehead atoms. The molecule has 0 fully saturated rings. The van der Waals surface area contributed by atoms with Gasteiger partial charge in [-0.25, -0.2) is 9.59 Å². The third-order valence-electron chi connectivity index (χ3n) is 3.81. The van der Waals surface area contributed by atoms with Crippen molar-refractivity contribution in [3.63, 3.8) is 0 Å². The molecule has 0 saturated carbocycles. The van der Waals surface area contributed by atoms with Crippen molar-refractivity contribution in [3.05, 3.63) is 73.1 Å². The predicted octanol–water partition coefficient (Wildman–Crippen LogP) is 3.12. The smallest absolute Gasteiger partial charge is 0.343 e. The van der Waals surface area contributed by atoms with Gasteiger partial charge in [-0.15, -0.1) is 0 Å². The maximum atomic E-state index is 12.5. The quantitative estimate of drug-likeness (QED) is 0.803. The number of carbonyl (C=O) groups is 1. The molecule has 1 aliphatic rings. The van der Waals surface area contributed by atoms with Crippen LogP contribution in [0, 0.1) is 6.92 Å². The van der Waals surface area contributed by atoms with Gasteiger partial charge in [0, 0.05) is 16.1 Å². The van der Waals surface area contributed by atoms with Gasteiger partial charge in [0.2, 0.25) is 5.88 Å². The van der Waals surface area contributed by atoms with Crippen LogP contribution >= 0.6 is 23.2 Å². The number of hydrogen-bond acceptors (Lipinski definition) is 6. The molecule has 25 heavy (non-hydrogen) atoms. The van der Waals surface area contributed by atoms with Gasteiger partial charge in [0.15, 0.2) is 0 Å². The summed E-state index contributed by atoms with van der Waals surface area (Å²) in [7, 11) is 1.20. The largest absolute Gasteiger partial charge is 0.465 e. The first kappa shape index (κ1) is 17.4. The van der Waals surface area contributed by atoms with Crippen molar-refractivity contribution in [3.8, 4) is 5.75 Å². The van der Waals surface area contributed by atoms with E-state index in [0.29, 0.717) is 16.3 Å². The minimum Gasteiger partial charge on any atom is -0.465 e. The van der Waals surface area contributed by atoms with Gasteiger partial charge in [-0.05, 0) is 24.6 Å². The third kappa shape index (κ3) is 2.99. The third-order valence-corrected chi connectivity index (χ3v) is 4.38. The number of benzene rings is 1. The Morgan fingerprint density at radius 2 is 2.00 bits per heavy atom. The monoisotopic (exact) mass is 381 g/mol. The van der Waals surface area contributed by atoms with E-state index in [2.05, 4.69) is 0 Å². The number of halogens is 2. The van der Waals surface area contributed by atoms with Crippen LogP contribution in [0.2, 0.25) is 10.0 Å². The van der Waals surface area contributed by atoms with Crippen LogP contribution in [-0.2, 0) is 9.53 Å². The van der Waals surface area contributed by atoms with Crippen LogP contribution in [0.4, 0.5) is 0 Å². The average Bonchev–Trinajstić information content (AvgIpc) is 2.52. The molecular weight excluding hydrogens is 369 g/mol. The average molecular weight is 382 g/mol. The van der Waals surface area contributed by atoms with Crippen molar-refractivity contribution >= 4 is 29.2 Å². The molecule has 1 unspecified atom stereocenters. The van der Waals surface area contributed by atoms with E-state index in [4.69, 9.17) is 42.8 Å². The molecule has 130 valence electrons. The second-order valence-electron chi connectivity index (χ2n) is 5.39. The molecule has 1 aliphatic heterocycles. The highest BCUT2D eigenvalue weighted by Crippen LogP contribution is 2.43. The van der Waals surface area contributed by atoms with Crippen LogP contribution in [-0.4, -0.2) is 13.1 Å². The number of methoxy groups -OCH3 is 1. The Morgan fingerprint density at radius 3 is 2.64 bits per heavy atom. The van der Waals surface area contributed by atoms with Crippen LogP contribution in [0.25, 0.3) is 0 Å². The van der Waals surface area contributed by atoms with Crippen LogP contribution in [0.15, 0.2) is 44.9 Å². The molecular formula is C17H13Cl2NO5. The molecule has 2 aromatic rings. The Labute approximate surface area is 152 Å². The fourth-order valence-corrected chi connectivity index (χ4v) is 3.29. The van der Waals surface area contributed by atoms with E-state index in [0.717, 1.165) is 0 Å². The van der Waals surface area contributed by atoms with Gasteiger partial charge in [-0.1, -0.05) is 29.3 Å². The molecule has 0 radical (unpaired) electrons. The fourth-order valence-electron chi connectivity index (χ4n) is 2.77. The lowest BCUT2D eigenvalue weighted by atomic mass is 9.83. The Morgan fingerprint density at radius 1 is 1.28 bits per heavy atom. The maximum Gasteiger partial charge on any atom is 0.343 e. The summed E-state index contributed by atoms with van der Waals surface area (Å²) < 4.78 is 15.4. The van der Waals surface area contributed by atoms with E-state index in [1.54, 1.807) is 19.1 Å². The summed E-state index contributed by atoms with van der Waals surface area (Å²) in [4.78, 5) is 24.8. The Bertz CT molecular complexity index is 964. The number of fused-ring (bicyclic) bond motifs is 1. The van der Waals surface area contributed by atoms with Crippen LogP contribution in [0.5, 0.6) is 5.75 Å². The number of ether oxygens (including phenoxy) is 2. The summed E-state index contributed by atoms with van der Waals surface area (Å²) in [5.74, 6) is -1.26. The highest BCUT2D eigenvalue weighted by atomic mass is 35.5. The van der Waals surface area contributed by atoms with Gasteiger partial charge in [-0.2, -0.15) is 0 Å². The van der Waals surface area contributed by atoms with Gasteiger partial charge >= 0.3 is 11.6 Å². The second-order valence-corrected chi connectivity index (χ2v) is 6.24. The van der Waals surface area contributed by atoms with Crippen LogP contribution < -0.4 is 16.1 Å². The molecule has 2 heterocycles. The van der Waals surface area contributed by atoms with E-state index in [1.807, 2.05) is 0 Å². The van der Waals surface area contributed by atoms with Crippen LogP contribution in [0.3, 0.4) is 0 Å².